The number of carbonyl (C=O) groups excluding carboxylic acids is 1. The zero-order valence-corrected chi connectivity index (χ0v) is 24.6. The summed E-state index contributed by atoms with van der Waals surface area (Å²) in [7, 11) is 0.591. The first-order valence-corrected chi connectivity index (χ1v) is 15.6. The Morgan fingerprint density at radius 1 is 0.923 bits per heavy atom. The standard InChI is InChI=1S/C30H35Cl2N3O3S/c1-35(2)29(22-8-4-3-5-9-22)23-14-12-21(13-15-23)19-33-30(36)25-10-6-7-11-28(25)34-20-39(37,38)24-16-17-26(31)27(32)18-24/h3-11,16-18,21,23,29,34H,12-15,19-20H2,1-2H3,(H,33,36). The van der Waals surface area contributed by atoms with E-state index in [0.29, 0.717) is 35.7 Å². The molecule has 208 valence electrons. The summed E-state index contributed by atoms with van der Waals surface area (Å²) in [4.78, 5) is 15.5. The monoisotopic (exact) mass is 587 g/mol. The van der Waals surface area contributed by atoms with E-state index in [1.54, 1.807) is 24.3 Å². The van der Waals surface area contributed by atoms with Crippen LogP contribution in [0.2, 0.25) is 10.0 Å². The number of hydrogen-bond acceptors (Lipinski definition) is 5. The topological polar surface area (TPSA) is 78.5 Å². The van der Waals surface area contributed by atoms with Crippen LogP contribution in [0.15, 0.2) is 77.7 Å². The fraction of sp³-hybridized carbons (Fsp3) is 0.367. The molecule has 4 rings (SSSR count). The Morgan fingerprint density at radius 2 is 1.59 bits per heavy atom. The number of sulfone groups is 1. The summed E-state index contributed by atoms with van der Waals surface area (Å²) in [5, 5.41) is 6.45. The fourth-order valence-electron chi connectivity index (χ4n) is 5.44. The van der Waals surface area contributed by atoms with Crippen LogP contribution in [-0.4, -0.2) is 45.7 Å². The maximum absolute atomic E-state index is 13.1. The van der Waals surface area contributed by atoms with E-state index in [1.807, 2.05) is 0 Å². The Kier molecular flexibility index (Phi) is 9.94. The van der Waals surface area contributed by atoms with Gasteiger partial charge in [0.15, 0.2) is 9.84 Å². The molecule has 0 spiro atoms. The average molecular weight is 589 g/mol. The van der Waals surface area contributed by atoms with Gasteiger partial charge in [0.1, 0.15) is 5.88 Å². The molecular weight excluding hydrogens is 553 g/mol. The average Bonchev–Trinajstić information content (AvgIpc) is 2.93. The van der Waals surface area contributed by atoms with Crippen molar-refractivity contribution in [3.8, 4) is 0 Å². The molecule has 0 aliphatic heterocycles. The van der Waals surface area contributed by atoms with Gasteiger partial charge in [0.05, 0.1) is 20.5 Å². The number of hydrogen-bond donors (Lipinski definition) is 2. The Balaban J connectivity index is 1.32. The first-order chi connectivity index (χ1) is 18.7. The van der Waals surface area contributed by atoms with E-state index in [-0.39, 0.29) is 26.7 Å². The minimum atomic E-state index is -3.70. The molecule has 1 unspecified atom stereocenters. The van der Waals surface area contributed by atoms with Gasteiger partial charge in [-0.15, -0.1) is 0 Å². The Morgan fingerprint density at radius 3 is 2.26 bits per heavy atom. The molecule has 1 aliphatic rings. The largest absolute Gasteiger partial charge is 0.371 e. The number of amides is 1. The minimum absolute atomic E-state index is 0.0608. The van der Waals surface area contributed by atoms with E-state index in [2.05, 4.69) is 60.0 Å². The minimum Gasteiger partial charge on any atom is -0.371 e. The van der Waals surface area contributed by atoms with E-state index in [4.69, 9.17) is 23.2 Å². The van der Waals surface area contributed by atoms with E-state index >= 15 is 0 Å². The van der Waals surface area contributed by atoms with Gasteiger partial charge in [0.2, 0.25) is 0 Å². The van der Waals surface area contributed by atoms with E-state index < -0.39 is 9.84 Å². The number of halogens is 2. The third kappa shape index (κ3) is 7.54. The van der Waals surface area contributed by atoms with Crippen molar-refractivity contribution in [1.29, 1.82) is 0 Å². The van der Waals surface area contributed by atoms with Gasteiger partial charge in [-0.2, -0.15) is 0 Å². The Labute approximate surface area is 241 Å². The van der Waals surface area contributed by atoms with Crippen LogP contribution in [0.5, 0.6) is 0 Å². The molecule has 1 aliphatic carbocycles. The van der Waals surface area contributed by atoms with Crippen molar-refractivity contribution >= 4 is 44.6 Å². The lowest BCUT2D eigenvalue weighted by Gasteiger charge is -2.37. The van der Waals surface area contributed by atoms with Crippen LogP contribution < -0.4 is 10.6 Å². The summed E-state index contributed by atoms with van der Waals surface area (Å²) >= 11 is 11.9. The van der Waals surface area contributed by atoms with Gasteiger partial charge in [0.25, 0.3) is 5.91 Å². The summed E-state index contributed by atoms with van der Waals surface area (Å²) in [6, 6.07) is 22.2. The van der Waals surface area contributed by atoms with E-state index in [1.165, 1.54) is 23.8 Å². The van der Waals surface area contributed by atoms with E-state index in [9.17, 15) is 13.2 Å². The van der Waals surface area contributed by atoms with Gasteiger partial charge in [-0.1, -0.05) is 65.7 Å². The van der Waals surface area contributed by atoms with Gasteiger partial charge in [-0.3, -0.25) is 4.79 Å². The molecule has 6 nitrogen and oxygen atoms in total. The number of nitrogens with one attached hydrogen (secondary N) is 2. The first kappa shape index (κ1) is 29.4. The number of carbonyl (C=O) groups is 1. The number of nitrogens with zero attached hydrogens (tertiary/aromatic N) is 1. The predicted molar refractivity (Wildman–Crippen MR) is 159 cm³/mol. The van der Waals surface area contributed by atoms with Crippen LogP contribution >= 0.6 is 23.2 Å². The quantitative estimate of drug-likeness (QED) is 0.277. The normalized spacial score (nSPS) is 18.5. The lowest BCUT2D eigenvalue weighted by atomic mass is 9.76. The fourth-order valence-corrected chi connectivity index (χ4v) is 6.89. The molecule has 2 N–H and O–H groups in total. The predicted octanol–water partition coefficient (Wildman–Crippen LogP) is 6.68. The van der Waals surface area contributed by atoms with Crippen LogP contribution in [-0.2, 0) is 9.84 Å². The smallest absolute Gasteiger partial charge is 0.253 e. The number of anilines is 1. The molecule has 0 saturated heterocycles. The van der Waals surface area contributed by atoms with Crippen LogP contribution in [0, 0.1) is 11.8 Å². The summed E-state index contributed by atoms with van der Waals surface area (Å²) < 4.78 is 25.6. The molecule has 39 heavy (non-hydrogen) atoms. The van der Waals surface area contributed by atoms with Crippen LogP contribution in [0.4, 0.5) is 5.69 Å². The molecule has 0 aromatic heterocycles. The summed E-state index contributed by atoms with van der Waals surface area (Å²) in [5.41, 5.74) is 2.22. The number of rotatable bonds is 10. The maximum Gasteiger partial charge on any atom is 0.253 e. The molecule has 1 amide bonds. The lowest BCUT2D eigenvalue weighted by molar-refractivity contribution is 0.0935. The van der Waals surface area contributed by atoms with Crippen molar-refractivity contribution in [3.63, 3.8) is 0 Å². The highest BCUT2D eigenvalue weighted by Gasteiger charge is 2.30. The zero-order chi connectivity index (χ0) is 28.0. The van der Waals surface area contributed by atoms with Crippen molar-refractivity contribution in [2.45, 2.75) is 36.6 Å². The highest BCUT2D eigenvalue weighted by molar-refractivity contribution is 7.91. The van der Waals surface area contributed by atoms with Gasteiger partial charge in [-0.25, -0.2) is 8.42 Å². The summed E-state index contributed by atoms with van der Waals surface area (Å²) in [6.07, 6.45) is 4.35. The van der Waals surface area contributed by atoms with Gasteiger partial charge >= 0.3 is 0 Å². The van der Waals surface area contributed by atoms with Gasteiger partial charge < -0.3 is 15.5 Å². The maximum atomic E-state index is 13.1. The van der Waals surface area contributed by atoms with Crippen LogP contribution in [0.25, 0.3) is 0 Å². The Hall–Kier alpha value is -2.58. The van der Waals surface area contributed by atoms with E-state index in [0.717, 1.165) is 25.7 Å². The lowest BCUT2D eigenvalue weighted by Crippen LogP contribution is -2.34. The second-order valence-electron chi connectivity index (χ2n) is 10.4. The van der Waals surface area contributed by atoms with Crippen molar-refractivity contribution in [3.05, 3.63) is 94.0 Å². The van der Waals surface area contributed by atoms with Crippen molar-refractivity contribution < 1.29 is 13.2 Å². The molecular formula is C30H35Cl2N3O3S. The Bertz CT molecular complexity index is 1380. The molecule has 1 saturated carbocycles. The summed E-state index contributed by atoms with van der Waals surface area (Å²) in [5.74, 6) is 0.395. The summed E-state index contributed by atoms with van der Waals surface area (Å²) in [6.45, 7) is 0.597. The van der Waals surface area contributed by atoms with Gasteiger partial charge in [0, 0.05) is 18.3 Å². The third-order valence-corrected chi connectivity index (χ3v) is 9.70. The van der Waals surface area contributed by atoms with Crippen molar-refractivity contribution in [2.24, 2.45) is 11.8 Å². The molecule has 1 fully saturated rings. The second kappa shape index (κ2) is 13.2. The SMILES string of the molecule is CN(C)C(c1ccccc1)C1CCC(CNC(=O)c2ccccc2NCS(=O)(=O)c2ccc(Cl)c(Cl)c2)CC1. The third-order valence-electron chi connectivity index (χ3n) is 7.46. The number of para-hydroxylation sites is 1. The highest BCUT2D eigenvalue weighted by atomic mass is 35.5. The second-order valence-corrected chi connectivity index (χ2v) is 13.2. The molecule has 0 heterocycles. The van der Waals surface area contributed by atoms with Crippen LogP contribution in [0.1, 0.15) is 47.6 Å². The van der Waals surface area contributed by atoms with Gasteiger partial charge in [-0.05, 0) is 87.5 Å². The van der Waals surface area contributed by atoms with Crippen molar-refractivity contribution in [1.82, 2.24) is 10.2 Å². The molecule has 3 aromatic rings. The number of benzene rings is 3. The first-order valence-electron chi connectivity index (χ1n) is 13.2. The van der Waals surface area contributed by atoms with Crippen LogP contribution in [0.3, 0.4) is 0 Å². The molecule has 9 heteroatoms. The zero-order valence-electron chi connectivity index (χ0n) is 22.2. The molecule has 3 aromatic carbocycles. The molecule has 0 bridgehead atoms. The molecule has 0 radical (unpaired) electrons. The highest BCUT2D eigenvalue weighted by Crippen LogP contribution is 2.39. The van der Waals surface area contributed by atoms with Crippen molar-refractivity contribution in [2.75, 3.05) is 31.8 Å². The molecule has 1 atom stereocenters.